The fourth-order valence-electron chi connectivity index (χ4n) is 2.85. The Kier molecular flexibility index (Phi) is 5.15. The molecule has 2 aromatic heterocycles. The lowest BCUT2D eigenvalue weighted by Gasteiger charge is -2.07. The second kappa shape index (κ2) is 7.73. The van der Waals surface area contributed by atoms with E-state index in [0.717, 1.165) is 10.0 Å². The molecule has 0 radical (unpaired) electrons. The molecular weight excluding hydrogens is 442 g/mol. The van der Waals surface area contributed by atoms with Gasteiger partial charge < -0.3 is 4.42 Å². The van der Waals surface area contributed by atoms with Crippen molar-refractivity contribution in [3.63, 3.8) is 0 Å². The monoisotopic (exact) mass is 455 g/mol. The first kappa shape index (κ1) is 18.7. The third kappa shape index (κ3) is 3.66. The standard InChI is InChI=1S/C21H15BrClN3O2/c1-2-20-25-18-9-5-14(22)11-17(18)21(27)26(20)24-12-16-8-10-19(28-16)13-3-6-15(23)7-4-13/h3-12H,2H2,1H3. The van der Waals surface area contributed by atoms with Crippen LogP contribution in [0.3, 0.4) is 0 Å². The molecule has 5 nitrogen and oxygen atoms in total. The first-order valence-electron chi connectivity index (χ1n) is 8.66. The van der Waals surface area contributed by atoms with Gasteiger partial charge in [-0.2, -0.15) is 9.78 Å². The zero-order valence-electron chi connectivity index (χ0n) is 14.9. The van der Waals surface area contributed by atoms with Gasteiger partial charge in [-0.3, -0.25) is 4.79 Å². The molecule has 0 spiro atoms. The predicted molar refractivity (Wildman–Crippen MR) is 115 cm³/mol. The molecule has 0 atom stereocenters. The largest absolute Gasteiger partial charge is 0.455 e. The van der Waals surface area contributed by atoms with E-state index in [9.17, 15) is 4.79 Å². The van der Waals surface area contributed by atoms with Gasteiger partial charge >= 0.3 is 0 Å². The summed E-state index contributed by atoms with van der Waals surface area (Å²) in [6, 6.07) is 16.5. The Morgan fingerprint density at radius 3 is 2.71 bits per heavy atom. The summed E-state index contributed by atoms with van der Waals surface area (Å²) in [4.78, 5) is 17.4. The molecule has 0 aliphatic heterocycles. The first-order chi connectivity index (χ1) is 13.5. The summed E-state index contributed by atoms with van der Waals surface area (Å²) < 4.78 is 7.95. The smallest absolute Gasteiger partial charge is 0.282 e. The summed E-state index contributed by atoms with van der Waals surface area (Å²) in [7, 11) is 0. The minimum absolute atomic E-state index is 0.219. The average Bonchev–Trinajstić information content (AvgIpc) is 3.17. The molecule has 0 saturated heterocycles. The highest BCUT2D eigenvalue weighted by molar-refractivity contribution is 9.10. The van der Waals surface area contributed by atoms with Gasteiger partial charge in [-0.25, -0.2) is 4.98 Å². The molecule has 0 amide bonds. The van der Waals surface area contributed by atoms with Gasteiger partial charge in [0.05, 0.1) is 17.1 Å². The quantitative estimate of drug-likeness (QED) is 0.380. The average molecular weight is 457 g/mol. The van der Waals surface area contributed by atoms with Crippen LogP contribution >= 0.6 is 27.5 Å². The lowest BCUT2D eigenvalue weighted by Crippen LogP contribution is -2.22. The normalized spacial score (nSPS) is 11.5. The van der Waals surface area contributed by atoms with Crippen molar-refractivity contribution >= 4 is 44.6 Å². The highest BCUT2D eigenvalue weighted by Crippen LogP contribution is 2.23. The number of furan rings is 1. The van der Waals surface area contributed by atoms with Gasteiger partial charge in [-0.05, 0) is 54.6 Å². The molecule has 0 fully saturated rings. The van der Waals surface area contributed by atoms with Crippen molar-refractivity contribution in [2.24, 2.45) is 5.10 Å². The summed E-state index contributed by atoms with van der Waals surface area (Å²) in [6.07, 6.45) is 2.10. The van der Waals surface area contributed by atoms with E-state index >= 15 is 0 Å². The second-order valence-corrected chi connectivity index (χ2v) is 7.47. The van der Waals surface area contributed by atoms with Gasteiger partial charge in [-0.1, -0.05) is 34.5 Å². The molecule has 140 valence electrons. The number of rotatable bonds is 4. The van der Waals surface area contributed by atoms with E-state index < -0.39 is 0 Å². The molecule has 4 aromatic rings. The Morgan fingerprint density at radius 1 is 1.18 bits per heavy atom. The predicted octanol–water partition coefficient (Wildman–Crippen LogP) is 5.52. The molecule has 0 bridgehead atoms. The SMILES string of the molecule is CCc1nc2ccc(Br)cc2c(=O)n1N=Cc1ccc(-c2ccc(Cl)cc2)o1. The van der Waals surface area contributed by atoms with Crippen LogP contribution in [0.25, 0.3) is 22.2 Å². The summed E-state index contributed by atoms with van der Waals surface area (Å²) in [5.41, 5.74) is 1.34. The van der Waals surface area contributed by atoms with Crippen molar-refractivity contribution in [1.29, 1.82) is 0 Å². The fourth-order valence-corrected chi connectivity index (χ4v) is 3.34. The van der Waals surface area contributed by atoms with Gasteiger partial charge in [0, 0.05) is 21.5 Å². The maximum absolute atomic E-state index is 12.9. The molecule has 2 heterocycles. The number of nitrogens with zero attached hydrogens (tertiary/aromatic N) is 3. The van der Waals surface area contributed by atoms with Crippen LogP contribution in [0.2, 0.25) is 5.02 Å². The lowest BCUT2D eigenvalue weighted by atomic mass is 10.2. The molecule has 28 heavy (non-hydrogen) atoms. The number of aromatic nitrogens is 2. The number of hydrogen-bond acceptors (Lipinski definition) is 4. The van der Waals surface area contributed by atoms with Crippen LogP contribution in [0.5, 0.6) is 0 Å². The van der Waals surface area contributed by atoms with Crippen molar-refractivity contribution in [1.82, 2.24) is 9.66 Å². The van der Waals surface area contributed by atoms with E-state index in [4.69, 9.17) is 16.0 Å². The van der Waals surface area contributed by atoms with Crippen LogP contribution in [0.4, 0.5) is 0 Å². The van der Waals surface area contributed by atoms with Gasteiger partial charge in [0.1, 0.15) is 17.3 Å². The molecule has 0 N–H and O–H groups in total. The van der Waals surface area contributed by atoms with Gasteiger partial charge in [0.2, 0.25) is 0 Å². The maximum Gasteiger partial charge on any atom is 0.282 e. The minimum Gasteiger partial charge on any atom is -0.455 e. The minimum atomic E-state index is -0.219. The molecule has 4 rings (SSSR count). The summed E-state index contributed by atoms with van der Waals surface area (Å²) >= 11 is 9.32. The van der Waals surface area contributed by atoms with E-state index in [1.54, 1.807) is 24.3 Å². The number of fused-ring (bicyclic) bond motifs is 1. The van der Waals surface area contributed by atoms with E-state index in [-0.39, 0.29) is 5.56 Å². The number of halogens is 2. The Bertz CT molecular complexity index is 1240. The number of benzene rings is 2. The molecule has 7 heteroatoms. The molecule has 0 aliphatic rings. The molecule has 2 aromatic carbocycles. The van der Waals surface area contributed by atoms with Crippen LogP contribution in [0, 0.1) is 0 Å². The zero-order chi connectivity index (χ0) is 19.7. The Morgan fingerprint density at radius 2 is 1.96 bits per heavy atom. The van der Waals surface area contributed by atoms with Crippen molar-refractivity contribution in [2.45, 2.75) is 13.3 Å². The van der Waals surface area contributed by atoms with Crippen LogP contribution in [0.1, 0.15) is 18.5 Å². The van der Waals surface area contributed by atoms with Crippen LogP contribution < -0.4 is 5.56 Å². The van der Waals surface area contributed by atoms with Crippen molar-refractivity contribution < 1.29 is 4.42 Å². The van der Waals surface area contributed by atoms with E-state index in [2.05, 4.69) is 26.0 Å². The fraction of sp³-hybridized carbons (Fsp3) is 0.0952. The number of aryl methyl sites for hydroxylation is 1. The Hall–Kier alpha value is -2.70. The van der Waals surface area contributed by atoms with Crippen molar-refractivity contribution in [3.05, 3.63) is 86.0 Å². The van der Waals surface area contributed by atoms with Gasteiger partial charge in [-0.15, -0.1) is 0 Å². The second-order valence-electron chi connectivity index (χ2n) is 6.11. The Labute approximate surface area is 174 Å². The maximum atomic E-state index is 12.9. The molecule has 0 unspecified atom stereocenters. The van der Waals surface area contributed by atoms with Crippen LogP contribution in [0.15, 0.2) is 73.4 Å². The summed E-state index contributed by atoms with van der Waals surface area (Å²) in [5, 5.41) is 5.50. The first-order valence-corrected chi connectivity index (χ1v) is 9.83. The van der Waals surface area contributed by atoms with Crippen LogP contribution in [-0.4, -0.2) is 15.9 Å². The van der Waals surface area contributed by atoms with Gasteiger partial charge in [0.25, 0.3) is 5.56 Å². The third-order valence-corrected chi connectivity index (χ3v) is 4.99. The van der Waals surface area contributed by atoms with E-state index in [1.807, 2.05) is 37.3 Å². The zero-order valence-corrected chi connectivity index (χ0v) is 17.2. The van der Waals surface area contributed by atoms with Crippen molar-refractivity contribution in [3.8, 4) is 11.3 Å². The highest BCUT2D eigenvalue weighted by Gasteiger charge is 2.10. The summed E-state index contributed by atoms with van der Waals surface area (Å²) in [5.74, 6) is 1.82. The topological polar surface area (TPSA) is 60.4 Å². The van der Waals surface area contributed by atoms with E-state index in [0.29, 0.717) is 39.7 Å². The molecule has 0 saturated carbocycles. The van der Waals surface area contributed by atoms with E-state index in [1.165, 1.54) is 10.9 Å². The number of hydrogen-bond donors (Lipinski definition) is 0. The van der Waals surface area contributed by atoms with Gasteiger partial charge in [0.15, 0.2) is 0 Å². The lowest BCUT2D eigenvalue weighted by molar-refractivity contribution is 0.573. The van der Waals surface area contributed by atoms with Crippen molar-refractivity contribution in [2.75, 3.05) is 0 Å². The third-order valence-electron chi connectivity index (χ3n) is 4.25. The molecule has 0 aliphatic carbocycles. The molecular formula is C21H15BrClN3O2. The Balaban J connectivity index is 1.72. The summed E-state index contributed by atoms with van der Waals surface area (Å²) in [6.45, 7) is 1.93. The highest BCUT2D eigenvalue weighted by atomic mass is 79.9. The van der Waals surface area contributed by atoms with Crippen LogP contribution in [-0.2, 0) is 6.42 Å².